The van der Waals surface area contributed by atoms with Gasteiger partial charge in [0.15, 0.2) is 9.84 Å². The van der Waals surface area contributed by atoms with Crippen LogP contribution in [0.4, 0.5) is 13.2 Å². The Balaban J connectivity index is 3.90. The third-order valence-corrected chi connectivity index (χ3v) is 2.90. The summed E-state index contributed by atoms with van der Waals surface area (Å²) in [6.07, 6.45) is -5.50. The molecule has 0 spiro atoms. The summed E-state index contributed by atoms with van der Waals surface area (Å²) in [5.41, 5.74) is 0. The zero-order valence-corrected chi connectivity index (χ0v) is 8.27. The fraction of sp³-hybridized carbons (Fsp3) is 0.833. The van der Waals surface area contributed by atoms with Crippen LogP contribution in [0.2, 0.25) is 0 Å². The van der Waals surface area contributed by atoms with E-state index >= 15 is 0 Å². The van der Waals surface area contributed by atoms with E-state index in [2.05, 4.69) is 4.74 Å². The van der Waals surface area contributed by atoms with E-state index in [1.165, 1.54) is 0 Å². The number of halogens is 3. The Labute approximate surface area is 83.8 Å². The van der Waals surface area contributed by atoms with Crippen molar-refractivity contribution in [2.45, 2.75) is 12.8 Å². The zero-order valence-electron chi connectivity index (χ0n) is 7.45. The third-order valence-electron chi connectivity index (χ3n) is 1.29. The lowest BCUT2D eigenvalue weighted by atomic mass is 10.5. The van der Waals surface area contributed by atoms with Crippen LogP contribution in [-0.2, 0) is 19.4 Å². The lowest BCUT2D eigenvalue weighted by Gasteiger charge is -2.07. The van der Waals surface area contributed by atoms with Gasteiger partial charge in [-0.3, -0.25) is 9.53 Å². The molecule has 0 radical (unpaired) electrons. The highest BCUT2D eigenvalue weighted by atomic mass is 32.2. The summed E-state index contributed by atoms with van der Waals surface area (Å²) in [5.74, 6) is -2.86. The highest BCUT2D eigenvalue weighted by molar-refractivity contribution is 7.91. The molecule has 0 aliphatic carbocycles. The number of carboxylic acid groups (broad SMARTS) is 1. The van der Waals surface area contributed by atoms with E-state index in [9.17, 15) is 26.4 Å². The van der Waals surface area contributed by atoms with Gasteiger partial charge in [-0.2, -0.15) is 0 Å². The fourth-order valence-electron chi connectivity index (χ4n) is 0.629. The number of hydrogen-bond acceptors (Lipinski definition) is 4. The Bertz CT molecular complexity index is 307. The normalized spacial score (nSPS) is 12.7. The first-order chi connectivity index (χ1) is 6.62. The van der Waals surface area contributed by atoms with Crippen molar-refractivity contribution in [3.63, 3.8) is 0 Å². The van der Waals surface area contributed by atoms with E-state index in [1.807, 2.05) is 0 Å². The molecule has 0 bridgehead atoms. The van der Waals surface area contributed by atoms with E-state index in [4.69, 9.17) is 5.11 Å². The van der Waals surface area contributed by atoms with Crippen LogP contribution < -0.4 is 0 Å². The van der Waals surface area contributed by atoms with Gasteiger partial charge in [-0.1, -0.05) is 0 Å². The minimum Gasteiger partial charge on any atom is -0.481 e. The van der Waals surface area contributed by atoms with Gasteiger partial charge in [0.05, 0.1) is 24.5 Å². The lowest BCUT2D eigenvalue weighted by Crippen LogP contribution is -2.22. The summed E-state index contributed by atoms with van der Waals surface area (Å²) in [4.78, 5) is 10.0. The molecule has 9 heteroatoms. The van der Waals surface area contributed by atoms with Gasteiger partial charge in [0, 0.05) is 0 Å². The maximum Gasteiger partial charge on any atom is 0.522 e. The van der Waals surface area contributed by atoms with Crippen molar-refractivity contribution >= 4 is 15.8 Å². The number of carbonyl (C=O) groups is 1. The van der Waals surface area contributed by atoms with Crippen LogP contribution in [0, 0.1) is 0 Å². The molecule has 0 amide bonds. The topological polar surface area (TPSA) is 80.7 Å². The number of alkyl halides is 3. The third kappa shape index (κ3) is 9.47. The largest absolute Gasteiger partial charge is 0.522 e. The Kier molecular flexibility index (Phi) is 5.01. The van der Waals surface area contributed by atoms with Crippen molar-refractivity contribution in [3.05, 3.63) is 0 Å². The Morgan fingerprint density at radius 1 is 1.27 bits per heavy atom. The van der Waals surface area contributed by atoms with Crippen LogP contribution in [0.3, 0.4) is 0 Å². The average molecular weight is 250 g/mol. The minimum absolute atomic E-state index is 0.631. The summed E-state index contributed by atoms with van der Waals surface area (Å²) >= 11 is 0. The molecule has 0 aliphatic heterocycles. The highest BCUT2D eigenvalue weighted by Crippen LogP contribution is 2.15. The fourth-order valence-corrected chi connectivity index (χ4v) is 1.66. The van der Waals surface area contributed by atoms with E-state index in [0.717, 1.165) is 0 Å². The monoisotopic (exact) mass is 250 g/mol. The molecule has 90 valence electrons. The summed E-state index contributed by atoms with van der Waals surface area (Å²) < 4.78 is 59.4. The van der Waals surface area contributed by atoms with Gasteiger partial charge in [-0.25, -0.2) is 8.42 Å². The number of aliphatic carboxylic acids is 1. The molecule has 0 saturated heterocycles. The van der Waals surface area contributed by atoms with Crippen LogP contribution in [0.15, 0.2) is 0 Å². The first-order valence-corrected chi connectivity index (χ1v) is 5.57. The summed E-state index contributed by atoms with van der Waals surface area (Å²) in [7, 11) is -3.80. The molecule has 0 heterocycles. The van der Waals surface area contributed by atoms with E-state index < -0.39 is 46.7 Å². The molecular weight excluding hydrogens is 241 g/mol. The van der Waals surface area contributed by atoms with E-state index in [0.29, 0.717) is 0 Å². The van der Waals surface area contributed by atoms with Gasteiger partial charge in [0.1, 0.15) is 0 Å². The van der Waals surface area contributed by atoms with Crippen molar-refractivity contribution in [1.82, 2.24) is 0 Å². The molecule has 5 nitrogen and oxygen atoms in total. The molecule has 0 aromatic heterocycles. The minimum atomic E-state index is -4.87. The number of sulfone groups is 1. The molecule has 1 N–H and O–H groups in total. The van der Waals surface area contributed by atoms with Crippen molar-refractivity contribution in [2.75, 3.05) is 18.1 Å². The van der Waals surface area contributed by atoms with Crippen molar-refractivity contribution in [3.8, 4) is 0 Å². The molecule has 15 heavy (non-hydrogen) atoms. The van der Waals surface area contributed by atoms with Gasteiger partial charge < -0.3 is 5.11 Å². The maximum atomic E-state index is 11.4. The second-order valence-electron chi connectivity index (χ2n) is 2.59. The number of carboxylic acids is 1. The molecule has 0 aliphatic rings. The SMILES string of the molecule is O=C(O)CCS(=O)(=O)CCOC(F)(F)F. The van der Waals surface area contributed by atoms with Crippen LogP contribution in [0.25, 0.3) is 0 Å². The standard InChI is InChI=1S/C6H9F3O5S/c7-6(8,9)14-2-4-15(12,13)3-1-5(10)11/h1-4H2,(H,10,11). The highest BCUT2D eigenvalue weighted by Gasteiger charge is 2.29. The van der Waals surface area contributed by atoms with E-state index in [1.54, 1.807) is 0 Å². The van der Waals surface area contributed by atoms with Crippen LogP contribution >= 0.6 is 0 Å². The molecule has 0 fully saturated rings. The van der Waals surface area contributed by atoms with Crippen molar-refractivity contribution < 1.29 is 36.2 Å². The first kappa shape index (κ1) is 14.2. The quantitative estimate of drug-likeness (QED) is 0.738. The Morgan fingerprint density at radius 3 is 2.20 bits per heavy atom. The van der Waals surface area contributed by atoms with Crippen LogP contribution in [0.1, 0.15) is 6.42 Å². The first-order valence-electron chi connectivity index (χ1n) is 3.75. The molecule has 0 saturated carbocycles. The maximum absolute atomic E-state index is 11.4. The smallest absolute Gasteiger partial charge is 0.481 e. The second kappa shape index (κ2) is 5.31. The molecule has 0 rings (SSSR count). The van der Waals surface area contributed by atoms with E-state index in [-0.39, 0.29) is 0 Å². The van der Waals surface area contributed by atoms with Gasteiger partial charge >= 0.3 is 12.3 Å². The van der Waals surface area contributed by atoms with Gasteiger partial charge in [0.2, 0.25) is 0 Å². The molecule has 0 atom stereocenters. The average Bonchev–Trinajstić information content (AvgIpc) is 1.98. The zero-order chi connectivity index (χ0) is 12.1. The van der Waals surface area contributed by atoms with Gasteiger partial charge in [0.25, 0.3) is 0 Å². The van der Waals surface area contributed by atoms with Crippen molar-refractivity contribution in [2.24, 2.45) is 0 Å². The number of hydrogen-bond donors (Lipinski definition) is 1. The van der Waals surface area contributed by atoms with Gasteiger partial charge in [-0.05, 0) is 0 Å². The Hall–Kier alpha value is -0.830. The van der Waals surface area contributed by atoms with Crippen LogP contribution in [0.5, 0.6) is 0 Å². The lowest BCUT2D eigenvalue weighted by molar-refractivity contribution is -0.322. The predicted molar refractivity (Wildman–Crippen MR) is 42.9 cm³/mol. The second-order valence-corrected chi connectivity index (χ2v) is 4.89. The summed E-state index contributed by atoms with van der Waals surface area (Å²) in [5, 5.41) is 8.16. The predicted octanol–water partition coefficient (Wildman–Crippen LogP) is 0.412. The summed E-state index contributed by atoms with van der Waals surface area (Å²) in [6, 6.07) is 0. The molecule has 0 aromatic rings. The van der Waals surface area contributed by atoms with Gasteiger partial charge in [-0.15, -0.1) is 13.2 Å². The Morgan fingerprint density at radius 2 is 1.80 bits per heavy atom. The molecular formula is C6H9F3O5S. The van der Waals surface area contributed by atoms with Crippen molar-refractivity contribution in [1.29, 1.82) is 0 Å². The van der Waals surface area contributed by atoms with Crippen LogP contribution in [-0.4, -0.2) is 44.0 Å². The molecule has 0 unspecified atom stereocenters. The number of ether oxygens (including phenoxy) is 1. The molecule has 0 aromatic carbocycles. The number of rotatable bonds is 6. The summed E-state index contributed by atoms with van der Waals surface area (Å²) in [6.45, 7) is -1.02.